The average Bonchev–Trinajstić information content (AvgIpc) is 2.17. The first-order valence-electron chi connectivity index (χ1n) is 4.06. The molecule has 0 aliphatic heterocycles. The minimum Gasteiger partial charge on any atom is -0.369 e. The number of benzene rings is 1. The van der Waals surface area contributed by atoms with E-state index in [1.165, 1.54) is 30.7 Å². The third kappa shape index (κ3) is 2.95. The molecule has 0 aliphatic rings. The number of anilines is 1. The normalized spacial score (nSPS) is 10.5. The van der Waals surface area contributed by atoms with E-state index in [4.69, 9.17) is 11.1 Å². The van der Waals surface area contributed by atoms with E-state index in [0.29, 0.717) is 5.69 Å². The van der Waals surface area contributed by atoms with Gasteiger partial charge in [-0.05, 0) is 24.3 Å². The lowest BCUT2D eigenvalue weighted by Crippen LogP contribution is -2.35. The van der Waals surface area contributed by atoms with Gasteiger partial charge in [0.25, 0.3) is 10.0 Å². The highest BCUT2D eigenvalue weighted by Gasteiger charge is 2.13. The van der Waals surface area contributed by atoms with Crippen molar-refractivity contribution in [3.05, 3.63) is 24.3 Å². The second-order valence-corrected chi connectivity index (χ2v) is 4.45. The van der Waals surface area contributed by atoms with E-state index < -0.39 is 16.0 Å². The van der Waals surface area contributed by atoms with Crippen molar-refractivity contribution in [2.24, 2.45) is 5.73 Å². The Morgan fingerprint density at radius 2 is 1.88 bits per heavy atom. The van der Waals surface area contributed by atoms with Gasteiger partial charge in [-0.25, -0.2) is 13.1 Å². The van der Waals surface area contributed by atoms with Crippen LogP contribution in [0, 0.1) is 5.41 Å². The van der Waals surface area contributed by atoms with Crippen molar-refractivity contribution in [2.45, 2.75) is 4.90 Å². The summed E-state index contributed by atoms with van der Waals surface area (Å²) in [5, 5.41) is 9.07. The summed E-state index contributed by atoms with van der Waals surface area (Å²) >= 11 is 0. The second kappa shape index (κ2) is 4.62. The lowest BCUT2D eigenvalue weighted by atomic mass is 10.3. The minimum absolute atomic E-state index is 0.0563. The molecular weight excluding hydrogens is 232 g/mol. The fourth-order valence-corrected chi connectivity index (χ4v) is 1.88. The van der Waals surface area contributed by atoms with Crippen LogP contribution in [0.15, 0.2) is 29.2 Å². The van der Waals surface area contributed by atoms with Crippen molar-refractivity contribution < 1.29 is 13.2 Å². The number of rotatable bonds is 4. The van der Waals surface area contributed by atoms with Gasteiger partial charge in [0.1, 0.15) is 0 Å². The maximum atomic E-state index is 11.5. The topological polar surface area (TPSA) is 125 Å². The molecule has 0 saturated carbocycles. The van der Waals surface area contributed by atoms with Crippen LogP contribution in [0.5, 0.6) is 0 Å². The lowest BCUT2D eigenvalue weighted by molar-refractivity contribution is 0.561. The van der Waals surface area contributed by atoms with Crippen LogP contribution >= 0.6 is 0 Å². The fourth-order valence-electron chi connectivity index (χ4n) is 0.980. The van der Waals surface area contributed by atoms with E-state index in [1.54, 1.807) is 0 Å². The molecule has 0 bridgehead atoms. The number of carbonyl (C=O) groups excluding carboxylic acids is 1. The van der Waals surface area contributed by atoms with E-state index in [9.17, 15) is 13.2 Å². The Morgan fingerprint density at radius 3 is 2.31 bits per heavy atom. The van der Waals surface area contributed by atoms with E-state index in [1.807, 2.05) is 4.72 Å². The van der Waals surface area contributed by atoms with E-state index in [0.717, 1.165) is 0 Å². The van der Waals surface area contributed by atoms with Gasteiger partial charge in [-0.15, -0.1) is 0 Å². The number of guanidine groups is 1. The Kier molecular flexibility index (Phi) is 3.46. The monoisotopic (exact) mass is 241 g/mol. The smallest absolute Gasteiger partial charge is 0.314 e. The highest BCUT2D eigenvalue weighted by atomic mass is 32.2. The molecule has 1 aromatic carbocycles. The summed E-state index contributed by atoms with van der Waals surface area (Å²) < 4.78 is 24.8. The number of hydrogen-bond donors (Lipinski definition) is 4. The number of amides is 1. The van der Waals surface area contributed by atoms with Gasteiger partial charge in [0.15, 0.2) is 5.96 Å². The Morgan fingerprint density at radius 1 is 1.31 bits per heavy atom. The van der Waals surface area contributed by atoms with Crippen LogP contribution in [0.2, 0.25) is 0 Å². The molecule has 85 valence electrons. The molecule has 0 unspecified atom stereocenters. The van der Waals surface area contributed by atoms with Gasteiger partial charge in [-0.3, -0.25) is 10.2 Å². The molecule has 8 heteroatoms. The van der Waals surface area contributed by atoms with Crippen LogP contribution in [0.1, 0.15) is 0 Å². The van der Waals surface area contributed by atoms with Crippen LogP contribution in [-0.4, -0.2) is 20.8 Å². The first-order valence-corrected chi connectivity index (χ1v) is 5.54. The average molecular weight is 241 g/mol. The number of sulfonamides is 1. The molecule has 1 radical (unpaired) electrons. The predicted octanol–water partition coefficient (Wildman–Crippen LogP) is -0.663. The minimum atomic E-state index is -3.82. The van der Waals surface area contributed by atoms with Crippen molar-refractivity contribution in [1.82, 2.24) is 4.72 Å². The Labute approximate surface area is 92.2 Å². The quantitative estimate of drug-likeness (QED) is 0.317. The summed E-state index contributed by atoms with van der Waals surface area (Å²) in [6.07, 6.45) is 1.46. The van der Waals surface area contributed by atoms with Gasteiger partial charge in [-0.2, -0.15) is 0 Å². The number of nitrogens with two attached hydrogens (primary N) is 1. The van der Waals surface area contributed by atoms with Crippen LogP contribution in [0.3, 0.4) is 0 Å². The van der Waals surface area contributed by atoms with Crippen LogP contribution in [-0.2, 0) is 14.8 Å². The molecule has 1 aromatic rings. The molecule has 5 N–H and O–H groups in total. The largest absolute Gasteiger partial charge is 0.369 e. The summed E-state index contributed by atoms with van der Waals surface area (Å²) in [6, 6.07) is 5.31. The molecule has 1 amide bonds. The van der Waals surface area contributed by atoms with Gasteiger partial charge in [0.2, 0.25) is 0 Å². The summed E-state index contributed by atoms with van der Waals surface area (Å²) in [5.41, 5.74) is 5.34. The SMILES string of the molecule is N=C(N)NS(=O)(=O)c1ccc(N[C]=O)cc1. The molecule has 16 heavy (non-hydrogen) atoms. The van der Waals surface area contributed by atoms with Crippen LogP contribution in [0.25, 0.3) is 0 Å². The molecule has 0 saturated heterocycles. The highest BCUT2D eigenvalue weighted by molar-refractivity contribution is 7.90. The first-order chi connectivity index (χ1) is 7.45. The zero-order chi connectivity index (χ0) is 12.2. The third-order valence-electron chi connectivity index (χ3n) is 1.60. The maximum absolute atomic E-state index is 11.5. The van der Waals surface area contributed by atoms with E-state index in [2.05, 4.69) is 5.32 Å². The van der Waals surface area contributed by atoms with Gasteiger partial charge >= 0.3 is 6.41 Å². The summed E-state index contributed by atoms with van der Waals surface area (Å²) in [7, 11) is -3.82. The van der Waals surface area contributed by atoms with Gasteiger partial charge in [0, 0.05) is 5.69 Å². The van der Waals surface area contributed by atoms with Crippen molar-refractivity contribution in [1.29, 1.82) is 5.41 Å². The lowest BCUT2D eigenvalue weighted by Gasteiger charge is -2.06. The van der Waals surface area contributed by atoms with Crippen LogP contribution < -0.4 is 15.8 Å². The van der Waals surface area contributed by atoms with Crippen molar-refractivity contribution in [3.8, 4) is 0 Å². The molecule has 0 aliphatic carbocycles. The molecule has 0 fully saturated rings. The Hall–Kier alpha value is -2.09. The molecule has 0 spiro atoms. The summed E-state index contributed by atoms with van der Waals surface area (Å²) in [5.74, 6) is -0.663. The Bertz CT molecular complexity index is 495. The molecule has 0 heterocycles. The van der Waals surface area contributed by atoms with E-state index in [-0.39, 0.29) is 4.90 Å². The van der Waals surface area contributed by atoms with E-state index >= 15 is 0 Å². The summed E-state index contributed by atoms with van der Waals surface area (Å²) in [4.78, 5) is 9.93. The van der Waals surface area contributed by atoms with Crippen molar-refractivity contribution in [3.63, 3.8) is 0 Å². The van der Waals surface area contributed by atoms with Crippen LogP contribution in [0.4, 0.5) is 5.69 Å². The summed E-state index contributed by atoms with van der Waals surface area (Å²) in [6.45, 7) is 0. The molecular formula is C8H9N4O3S. The first kappa shape index (κ1) is 12.0. The van der Waals surface area contributed by atoms with Gasteiger partial charge < -0.3 is 11.1 Å². The molecule has 0 aromatic heterocycles. The standard InChI is InChI=1S/C8H9N4O3S/c9-8(10)12-16(14,15)7-3-1-6(2-4-7)11-5-13/h1-4H,(H,11,13)(H4,9,10,12). The zero-order valence-corrected chi connectivity index (χ0v) is 8.84. The third-order valence-corrected chi connectivity index (χ3v) is 2.99. The van der Waals surface area contributed by atoms with Gasteiger partial charge in [0.05, 0.1) is 4.90 Å². The number of nitrogens with one attached hydrogen (secondary N) is 3. The van der Waals surface area contributed by atoms with Gasteiger partial charge in [-0.1, -0.05) is 0 Å². The number of hydrogen-bond acceptors (Lipinski definition) is 4. The maximum Gasteiger partial charge on any atom is 0.314 e. The fraction of sp³-hybridized carbons (Fsp3) is 0. The van der Waals surface area contributed by atoms with Crippen molar-refractivity contribution in [2.75, 3.05) is 5.32 Å². The predicted molar refractivity (Wildman–Crippen MR) is 58.0 cm³/mol. The molecule has 7 nitrogen and oxygen atoms in total. The molecule has 0 atom stereocenters. The highest BCUT2D eigenvalue weighted by Crippen LogP contribution is 2.12. The van der Waals surface area contributed by atoms with Crippen molar-refractivity contribution >= 4 is 28.1 Å². The molecule has 1 rings (SSSR count). The second-order valence-electron chi connectivity index (χ2n) is 2.77. The Balaban J connectivity index is 2.97. The zero-order valence-electron chi connectivity index (χ0n) is 8.02.